The van der Waals surface area contributed by atoms with Crippen LogP contribution in [0.5, 0.6) is 0 Å². The Bertz CT molecular complexity index is 741. The minimum absolute atomic E-state index is 0.0347. The van der Waals surface area contributed by atoms with Gasteiger partial charge in [0.25, 0.3) is 5.91 Å². The Morgan fingerprint density at radius 3 is 2.61 bits per heavy atom. The lowest BCUT2D eigenvalue weighted by Crippen LogP contribution is -2.38. The van der Waals surface area contributed by atoms with Crippen LogP contribution in [0, 0.1) is 12.7 Å². The van der Waals surface area contributed by atoms with Gasteiger partial charge in [-0.25, -0.2) is 4.39 Å². The van der Waals surface area contributed by atoms with E-state index >= 15 is 0 Å². The van der Waals surface area contributed by atoms with Gasteiger partial charge in [0.2, 0.25) is 5.91 Å². The Morgan fingerprint density at radius 2 is 2.00 bits per heavy atom. The number of hydrogen-bond donors (Lipinski definition) is 1. The summed E-state index contributed by atoms with van der Waals surface area (Å²) in [7, 11) is 1.71. The second kappa shape index (κ2) is 6.12. The molecule has 0 unspecified atom stereocenters. The number of carbonyl (C=O) groups is 2. The molecular weight excluding hydrogens is 315 g/mol. The molecular formula is C17H17FN2O2S. The fraction of sp³-hybridized carbons (Fsp3) is 0.294. The molecule has 1 N–H and O–H groups in total. The predicted octanol–water partition coefficient (Wildman–Crippen LogP) is 2.90. The maximum absolute atomic E-state index is 13.1. The zero-order valence-electron chi connectivity index (χ0n) is 12.9. The number of amides is 2. The lowest BCUT2D eigenvalue weighted by atomic mass is 10.00. The number of carbonyl (C=O) groups excluding carboxylic acids is 2. The fourth-order valence-corrected chi connectivity index (χ4v) is 3.78. The van der Waals surface area contributed by atoms with Crippen LogP contribution in [0.2, 0.25) is 0 Å². The smallest absolute Gasteiger partial charge is 0.261 e. The number of nitrogens with one attached hydrogen (secondary N) is 1. The molecule has 23 heavy (non-hydrogen) atoms. The van der Waals surface area contributed by atoms with Gasteiger partial charge in [0, 0.05) is 13.5 Å². The summed E-state index contributed by atoms with van der Waals surface area (Å²) in [6.07, 6.45) is 0.245. The minimum Gasteiger partial charge on any atom is -0.346 e. The first-order valence-corrected chi connectivity index (χ1v) is 8.21. The number of aryl methyl sites for hydroxylation is 1. The summed E-state index contributed by atoms with van der Waals surface area (Å²) < 4.78 is 13.1. The van der Waals surface area contributed by atoms with E-state index in [-0.39, 0.29) is 36.1 Å². The van der Waals surface area contributed by atoms with Gasteiger partial charge in [-0.05, 0) is 41.6 Å². The van der Waals surface area contributed by atoms with Crippen LogP contribution in [0.15, 0.2) is 35.7 Å². The Labute approximate surface area is 137 Å². The molecule has 1 aromatic carbocycles. The van der Waals surface area contributed by atoms with E-state index in [1.165, 1.54) is 23.5 Å². The van der Waals surface area contributed by atoms with Gasteiger partial charge < -0.3 is 10.2 Å². The molecule has 1 fully saturated rings. The van der Waals surface area contributed by atoms with Crippen molar-refractivity contribution in [2.45, 2.75) is 25.4 Å². The molecule has 4 nitrogen and oxygen atoms in total. The second-order valence-corrected chi connectivity index (χ2v) is 6.63. The summed E-state index contributed by atoms with van der Waals surface area (Å²) in [4.78, 5) is 26.8. The van der Waals surface area contributed by atoms with Crippen molar-refractivity contribution >= 4 is 23.2 Å². The molecule has 1 saturated heterocycles. The Balaban J connectivity index is 1.85. The number of nitrogens with zero attached hydrogens (tertiary/aromatic N) is 1. The van der Waals surface area contributed by atoms with Gasteiger partial charge in [-0.1, -0.05) is 12.1 Å². The maximum atomic E-state index is 13.1. The SMILES string of the molecule is Cc1ccsc1C(=O)N[C@@H]1CC(=O)N(C)[C@@H]1c1ccc(F)cc1. The molecule has 1 aliphatic rings. The highest BCUT2D eigenvalue weighted by molar-refractivity contribution is 7.12. The molecule has 120 valence electrons. The number of hydrogen-bond acceptors (Lipinski definition) is 3. The van der Waals surface area contributed by atoms with Crippen LogP contribution in [0.25, 0.3) is 0 Å². The third-order valence-corrected chi connectivity index (χ3v) is 5.20. The van der Waals surface area contributed by atoms with Crippen molar-refractivity contribution in [2.75, 3.05) is 7.05 Å². The average molecular weight is 332 g/mol. The molecule has 1 aliphatic heterocycles. The lowest BCUT2D eigenvalue weighted by molar-refractivity contribution is -0.127. The first kappa shape index (κ1) is 15.7. The van der Waals surface area contributed by atoms with E-state index in [1.807, 2.05) is 18.4 Å². The number of rotatable bonds is 3. The molecule has 6 heteroatoms. The third-order valence-electron chi connectivity index (χ3n) is 4.18. The van der Waals surface area contributed by atoms with Crippen molar-refractivity contribution in [3.05, 3.63) is 57.5 Å². The highest BCUT2D eigenvalue weighted by Gasteiger charge is 2.39. The Kier molecular flexibility index (Phi) is 4.17. The van der Waals surface area contributed by atoms with E-state index in [0.717, 1.165) is 11.1 Å². The predicted molar refractivity (Wildman–Crippen MR) is 86.8 cm³/mol. The van der Waals surface area contributed by atoms with Crippen molar-refractivity contribution in [1.29, 1.82) is 0 Å². The zero-order valence-corrected chi connectivity index (χ0v) is 13.7. The highest BCUT2D eigenvalue weighted by Crippen LogP contribution is 2.32. The molecule has 0 bridgehead atoms. The van der Waals surface area contributed by atoms with Crippen LogP contribution >= 0.6 is 11.3 Å². The summed E-state index contributed by atoms with van der Waals surface area (Å²) in [5.74, 6) is -0.527. The van der Waals surface area contributed by atoms with Gasteiger partial charge in [-0.3, -0.25) is 9.59 Å². The molecule has 2 aromatic rings. The molecule has 1 aromatic heterocycles. The van der Waals surface area contributed by atoms with Crippen LogP contribution < -0.4 is 5.32 Å². The molecule has 0 radical (unpaired) electrons. The van der Waals surface area contributed by atoms with Crippen molar-refractivity contribution in [1.82, 2.24) is 10.2 Å². The van der Waals surface area contributed by atoms with Crippen LogP contribution in [-0.2, 0) is 4.79 Å². The number of likely N-dealkylation sites (tertiary alicyclic amines) is 1. The first-order valence-electron chi connectivity index (χ1n) is 7.33. The molecule has 0 aliphatic carbocycles. The van der Waals surface area contributed by atoms with Gasteiger partial charge in [0.15, 0.2) is 0 Å². The van der Waals surface area contributed by atoms with Crippen LogP contribution in [-0.4, -0.2) is 29.8 Å². The van der Waals surface area contributed by atoms with Crippen LogP contribution in [0.1, 0.15) is 33.3 Å². The summed E-state index contributed by atoms with van der Waals surface area (Å²) >= 11 is 1.38. The molecule has 2 heterocycles. The highest BCUT2D eigenvalue weighted by atomic mass is 32.1. The van der Waals surface area contributed by atoms with Crippen LogP contribution in [0.4, 0.5) is 4.39 Å². The van der Waals surface area contributed by atoms with Gasteiger partial charge in [-0.15, -0.1) is 11.3 Å². The fourth-order valence-electron chi connectivity index (χ4n) is 2.95. The molecule has 2 amide bonds. The summed E-state index contributed by atoms with van der Waals surface area (Å²) in [5.41, 5.74) is 1.73. The quantitative estimate of drug-likeness (QED) is 0.939. The minimum atomic E-state index is -0.327. The van der Waals surface area contributed by atoms with Crippen molar-refractivity contribution in [3.63, 3.8) is 0 Å². The van der Waals surface area contributed by atoms with E-state index in [9.17, 15) is 14.0 Å². The van der Waals surface area contributed by atoms with Crippen molar-refractivity contribution in [2.24, 2.45) is 0 Å². The zero-order chi connectivity index (χ0) is 16.6. The van der Waals surface area contributed by atoms with E-state index in [1.54, 1.807) is 24.1 Å². The monoisotopic (exact) mass is 332 g/mol. The Hall–Kier alpha value is -2.21. The largest absolute Gasteiger partial charge is 0.346 e. The van der Waals surface area contributed by atoms with Gasteiger partial charge in [0.1, 0.15) is 5.82 Å². The first-order chi connectivity index (χ1) is 11.0. The second-order valence-electron chi connectivity index (χ2n) is 5.72. The van der Waals surface area contributed by atoms with E-state index in [0.29, 0.717) is 4.88 Å². The average Bonchev–Trinajstić information content (AvgIpc) is 3.05. The number of halogens is 1. The molecule has 0 spiro atoms. The summed E-state index contributed by atoms with van der Waals surface area (Å²) in [6, 6.07) is 7.33. The van der Waals surface area contributed by atoms with Crippen molar-refractivity contribution in [3.8, 4) is 0 Å². The third kappa shape index (κ3) is 2.99. The standard InChI is InChI=1S/C17H17FN2O2S/c1-10-7-8-23-16(10)17(22)19-13-9-14(21)20(2)15(13)11-3-5-12(18)6-4-11/h3-8,13,15H,9H2,1-2H3,(H,19,22)/t13-,15-/m1/s1. The van der Waals surface area contributed by atoms with Gasteiger partial charge in [-0.2, -0.15) is 0 Å². The Morgan fingerprint density at radius 1 is 1.30 bits per heavy atom. The van der Waals surface area contributed by atoms with Crippen molar-refractivity contribution < 1.29 is 14.0 Å². The molecule has 3 rings (SSSR count). The maximum Gasteiger partial charge on any atom is 0.261 e. The van der Waals surface area contributed by atoms with E-state index in [2.05, 4.69) is 5.32 Å². The molecule has 0 saturated carbocycles. The van der Waals surface area contributed by atoms with E-state index < -0.39 is 0 Å². The normalized spacial score (nSPS) is 20.8. The van der Waals surface area contributed by atoms with Gasteiger partial charge >= 0.3 is 0 Å². The number of benzene rings is 1. The van der Waals surface area contributed by atoms with Crippen LogP contribution in [0.3, 0.4) is 0 Å². The topological polar surface area (TPSA) is 49.4 Å². The summed E-state index contributed by atoms with van der Waals surface area (Å²) in [6.45, 7) is 1.88. The van der Waals surface area contributed by atoms with E-state index in [4.69, 9.17) is 0 Å². The number of thiophene rings is 1. The molecule has 2 atom stereocenters. The van der Waals surface area contributed by atoms with Gasteiger partial charge in [0.05, 0.1) is 17.0 Å². The lowest BCUT2D eigenvalue weighted by Gasteiger charge is -2.26. The number of likely N-dealkylation sites (N-methyl/N-ethyl adjacent to an activating group) is 1. The summed E-state index contributed by atoms with van der Waals surface area (Å²) in [5, 5.41) is 4.83.